The average molecular weight is 249 g/mol. The van der Waals surface area contributed by atoms with Crippen LogP contribution in [0.5, 0.6) is 11.5 Å². The molecule has 4 nitrogen and oxygen atoms in total. The van der Waals surface area contributed by atoms with Crippen molar-refractivity contribution in [2.24, 2.45) is 0 Å². The molecule has 1 rings (SSSR count). The van der Waals surface area contributed by atoms with Crippen LogP contribution < -0.4 is 4.74 Å². The molecule has 0 fully saturated rings. The Morgan fingerprint density at radius 2 is 2.25 bits per heavy atom. The molecule has 0 bridgehead atoms. The number of phenolic OH excluding ortho intramolecular Hbond substituents is 1. The smallest absolute Gasteiger partial charge is 0.303 e. The lowest BCUT2D eigenvalue weighted by Gasteiger charge is -2.10. The van der Waals surface area contributed by atoms with Crippen molar-refractivity contribution in [3.8, 4) is 11.5 Å². The van der Waals surface area contributed by atoms with E-state index in [-0.39, 0.29) is 23.6 Å². The zero-order valence-corrected chi connectivity index (χ0v) is 9.21. The summed E-state index contributed by atoms with van der Waals surface area (Å²) in [4.78, 5) is 10.4. The molecular weight excluding hydrogens is 239 g/mol. The number of benzene rings is 1. The van der Waals surface area contributed by atoms with Crippen molar-refractivity contribution in [1.29, 1.82) is 0 Å². The summed E-state index contributed by atoms with van der Waals surface area (Å²) in [6.45, 7) is 0. The lowest BCUT2D eigenvalue weighted by molar-refractivity contribution is -0.136. The van der Waals surface area contributed by atoms with E-state index in [2.05, 4.69) is 0 Å². The van der Waals surface area contributed by atoms with Crippen LogP contribution in [-0.2, 0) is 11.2 Å². The Morgan fingerprint density at radius 1 is 1.62 bits per heavy atom. The topological polar surface area (TPSA) is 66.8 Å². The molecule has 1 aromatic rings. The molecule has 2 N–H and O–H groups in total. The molecule has 0 heterocycles. The molecule has 6 heteroatoms. The molecule has 0 aromatic heterocycles. The fourth-order valence-electron chi connectivity index (χ4n) is 1.29. The summed E-state index contributed by atoms with van der Waals surface area (Å²) in [7, 11) is 1.23. The Hall–Kier alpha value is -1.49. The fourth-order valence-corrected chi connectivity index (χ4v) is 1.50. The summed E-state index contributed by atoms with van der Waals surface area (Å²) in [5, 5.41) is 17.6. The summed E-state index contributed by atoms with van der Waals surface area (Å²) < 4.78 is 18.2. The van der Waals surface area contributed by atoms with Crippen molar-refractivity contribution in [2.75, 3.05) is 7.11 Å². The second-order valence-electron chi connectivity index (χ2n) is 3.11. The first-order chi connectivity index (χ1) is 7.47. The largest absolute Gasteiger partial charge is 0.504 e. The van der Waals surface area contributed by atoms with Crippen LogP contribution in [0.3, 0.4) is 0 Å². The number of halogens is 2. The molecule has 0 unspecified atom stereocenters. The number of aromatic hydroxyl groups is 1. The van der Waals surface area contributed by atoms with E-state index < -0.39 is 17.5 Å². The van der Waals surface area contributed by atoms with Gasteiger partial charge >= 0.3 is 5.97 Å². The summed E-state index contributed by atoms with van der Waals surface area (Å²) in [5.74, 6) is -2.86. The molecule has 88 valence electrons. The van der Waals surface area contributed by atoms with Crippen molar-refractivity contribution in [3.05, 3.63) is 22.5 Å². The van der Waals surface area contributed by atoms with Crippen LogP contribution in [0.25, 0.3) is 0 Å². The van der Waals surface area contributed by atoms with Gasteiger partial charge in [0.15, 0.2) is 11.5 Å². The number of rotatable bonds is 4. The van der Waals surface area contributed by atoms with Crippen LogP contribution in [-0.4, -0.2) is 23.3 Å². The van der Waals surface area contributed by atoms with Gasteiger partial charge in [-0.1, -0.05) is 11.6 Å². The second-order valence-corrected chi connectivity index (χ2v) is 3.51. The molecule has 1 aromatic carbocycles. The Kier molecular flexibility index (Phi) is 3.95. The van der Waals surface area contributed by atoms with E-state index in [1.54, 1.807) is 0 Å². The van der Waals surface area contributed by atoms with Crippen molar-refractivity contribution >= 4 is 17.6 Å². The van der Waals surface area contributed by atoms with Gasteiger partial charge in [0.05, 0.1) is 12.1 Å². The van der Waals surface area contributed by atoms with Crippen molar-refractivity contribution < 1.29 is 24.1 Å². The SMILES string of the molecule is COc1c(CCC(=O)O)cc(Cl)c(O)c1F. The maximum absolute atomic E-state index is 13.4. The molecule has 0 spiro atoms. The van der Waals surface area contributed by atoms with Crippen molar-refractivity contribution in [1.82, 2.24) is 0 Å². The van der Waals surface area contributed by atoms with Crippen LogP contribution in [0.1, 0.15) is 12.0 Å². The molecule has 16 heavy (non-hydrogen) atoms. The predicted octanol–water partition coefficient (Wildman–Crippen LogP) is 2.21. The highest BCUT2D eigenvalue weighted by molar-refractivity contribution is 6.32. The summed E-state index contributed by atoms with van der Waals surface area (Å²) in [5.41, 5.74) is 0.310. The molecule has 0 saturated heterocycles. The molecule has 0 atom stereocenters. The quantitative estimate of drug-likeness (QED) is 0.857. The highest BCUT2D eigenvalue weighted by Crippen LogP contribution is 2.36. The van der Waals surface area contributed by atoms with Crippen LogP contribution in [0.4, 0.5) is 4.39 Å². The number of phenols is 1. The van der Waals surface area contributed by atoms with Gasteiger partial charge in [0.25, 0.3) is 0 Å². The standard InChI is InChI=1S/C10H10ClFO4/c1-16-10-5(2-3-7(13)14)4-6(11)9(15)8(10)12/h4,15H,2-3H2,1H3,(H,13,14). The van der Waals surface area contributed by atoms with E-state index in [1.165, 1.54) is 13.2 Å². The number of aryl methyl sites for hydroxylation is 1. The number of ether oxygens (including phenoxy) is 1. The zero-order valence-electron chi connectivity index (χ0n) is 8.46. The number of methoxy groups -OCH3 is 1. The van der Waals surface area contributed by atoms with Crippen LogP contribution in [0.15, 0.2) is 6.07 Å². The van der Waals surface area contributed by atoms with E-state index in [4.69, 9.17) is 21.4 Å². The van der Waals surface area contributed by atoms with E-state index in [0.717, 1.165) is 0 Å². The highest BCUT2D eigenvalue weighted by atomic mass is 35.5. The number of carbonyl (C=O) groups is 1. The number of aliphatic carboxylic acids is 1. The zero-order chi connectivity index (χ0) is 12.3. The molecule has 0 saturated carbocycles. The lowest BCUT2D eigenvalue weighted by Crippen LogP contribution is -2.01. The van der Waals surface area contributed by atoms with E-state index in [1.807, 2.05) is 0 Å². The minimum Gasteiger partial charge on any atom is -0.504 e. The first-order valence-corrected chi connectivity index (χ1v) is 4.80. The Morgan fingerprint density at radius 3 is 2.75 bits per heavy atom. The summed E-state index contributed by atoms with van der Waals surface area (Å²) in [6.07, 6.45) is -0.0909. The van der Waals surface area contributed by atoms with Gasteiger partial charge in [-0.05, 0) is 18.1 Å². The summed E-state index contributed by atoms with van der Waals surface area (Å²) in [6, 6.07) is 1.29. The van der Waals surface area contributed by atoms with Gasteiger partial charge in [0.1, 0.15) is 0 Å². The maximum atomic E-state index is 13.4. The number of carboxylic acid groups (broad SMARTS) is 1. The Labute approximate surface area is 96.2 Å². The first-order valence-electron chi connectivity index (χ1n) is 4.43. The molecule has 0 radical (unpaired) electrons. The summed E-state index contributed by atoms with van der Waals surface area (Å²) >= 11 is 5.57. The van der Waals surface area contributed by atoms with Gasteiger partial charge in [-0.3, -0.25) is 4.79 Å². The minimum absolute atomic E-state index is 0.0788. The van der Waals surface area contributed by atoms with Crippen molar-refractivity contribution in [3.63, 3.8) is 0 Å². The molecule has 0 aliphatic heterocycles. The van der Waals surface area contributed by atoms with Gasteiger partial charge in [-0.15, -0.1) is 0 Å². The van der Waals surface area contributed by atoms with Gasteiger partial charge in [-0.25, -0.2) is 0 Å². The van der Waals surface area contributed by atoms with Crippen molar-refractivity contribution in [2.45, 2.75) is 12.8 Å². The molecule has 0 aliphatic rings. The first kappa shape index (κ1) is 12.6. The monoisotopic (exact) mass is 248 g/mol. The fraction of sp³-hybridized carbons (Fsp3) is 0.300. The van der Waals surface area contributed by atoms with Crippen LogP contribution in [0.2, 0.25) is 5.02 Å². The number of hydrogen-bond donors (Lipinski definition) is 2. The highest BCUT2D eigenvalue weighted by Gasteiger charge is 2.18. The Balaban J connectivity index is 3.12. The molecular formula is C10H10ClFO4. The third kappa shape index (κ3) is 2.55. The minimum atomic E-state index is -1.01. The molecule has 0 amide bonds. The van der Waals surface area contributed by atoms with Gasteiger partial charge in [-0.2, -0.15) is 4.39 Å². The predicted molar refractivity (Wildman–Crippen MR) is 55.6 cm³/mol. The number of carboxylic acids is 1. The van der Waals surface area contributed by atoms with E-state index in [9.17, 15) is 14.3 Å². The van der Waals surface area contributed by atoms with Gasteiger partial charge in [0.2, 0.25) is 5.82 Å². The van der Waals surface area contributed by atoms with E-state index >= 15 is 0 Å². The second kappa shape index (κ2) is 5.03. The van der Waals surface area contributed by atoms with E-state index in [0.29, 0.717) is 5.56 Å². The third-order valence-electron chi connectivity index (χ3n) is 2.04. The van der Waals surface area contributed by atoms with Gasteiger partial charge in [0, 0.05) is 6.42 Å². The third-order valence-corrected chi connectivity index (χ3v) is 2.33. The molecule has 0 aliphatic carbocycles. The number of hydrogen-bond acceptors (Lipinski definition) is 3. The maximum Gasteiger partial charge on any atom is 0.303 e. The lowest BCUT2D eigenvalue weighted by atomic mass is 10.1. The normalized spacial score (nSPS) is 10.2. The average Bonchev–Trinajstić information content (AvgIpc) is 2.23. The van der Waals surface area contributed by atoms with Crippen LogP contribution >= 0.6 is 11.6 Å². The Bertz CT molecular complexity index is 420. The van der Waals surface area contributed by atoms with Gasteiger partial charge < -0.3 is 14.9 Å². The van der Waals surface area contributed by atoms with Crippen LogP contribution in [0, 0.1) is 5.82 Å².